The third kappa shape index (κ3) is 5.74. The van der Waals surface area contributed by atoms with Crippen molar-refractivity contribution >= 4 is 5.91 Å². The van der Waals surface area contributed by atoms with E-state index in [0.717, 1.165) is 19.4 Å². The third-order valence-corrected chi connectivity index (χ3v) is 2.57. The van der Waals surface area contributed by atoms with Gasteiger partial charge in [-0.3, -0.25) is 4.79 Å². The van der Waals surface area contributed by atoms with Crippen molar-refractivity contribution in [2.45, 2.75) is 44.8 Å². The van der Waals surface area contributed by atoms with Crippen LogP contribution in [0.15, 0.2) is 0 Å². The molecule has 1 fully saturated rings. The second-order valence-electron chi connectivity index (χ2n) is 4.73. The first-order valence-corrected chi connectivity index (χ1v) is 5.59. The maximum Gasteiger partial charge on any atom is 0.221 e. The highest BCUT2D eigenvalue weighted by Crippen LogP contribution is 2.18. The highest BCUT2D eigenvalue weighted by Gasteiger charge is 2.22. The van der Waals surface area contributed by atoms with Gasteiger partial charge in [0.1, 0.15) is 0 Å². The van der Waals surface area contributed by atoms with E-state index in [1.165, 1.54) is 0 Å². The molecule has 1 aliphatic carbocycles. The molecule has 1 saturated carbocycles. The molecule has 0 heterocycles. The number of hydrogen-bond donors (Lipinski definition) is 2. The predicted molar refractivity (Wildman–Crippen MR) is 59.7 cm³/mol. The number of nitrogens with one attached hydrogen (secondary N) is 2. The largest absolute Gasteiger partial charge is 0.377 e. The minimum atomic E-state index is -0.160. The van der Waals surface area contributed by atoms with Crippen molar-refractivity contribution in [2.75, 3.05) is 20.2 Å². The van der Waals surface area contributed by atoms with Gasteiger partial charge in [-0.2, -0.15) is 0 Å². The van der Waals surface area contributed by atoms with Crippen LogP contribution in [0.3, 0.4) is 0 Å². The summed E-state index contributed by atoms with van der Waals surface area (Å²) in [6.07, 6.45) is 2.85. The Morgan fingerprint density at radius 3 is 2.67 bits per heavy atom. The minimum absolute atomic E-state index is 0.153. The maximum absolute atomic E-state index is 11.3. The minimum Gasteiger partial charge on any atom is -0.377 e. The van der Waals surface area contributed by atoms with Gasteiger partial charge in [0.2, 0.25) is 5.91 Å². The van der Waals surface area contributed by atoms with E-state index in [-0.39, 0.29) is 11.5 Å². The van der Waals surface area contributed by atoms with Crippen molar-refractivity contribution < 1.29 is 9.53 Å². The highest BCUT2D eigenvalue weighted by molar-refractivity contribution is 5.76. The lowest BCUT2D eigenvalue weighted by molar-refractivity contribution is -0.121. The van der Waals surface area contributed by atoms with E-state index in [4.69, 9.17) is 4.74 Å². The molecule has 88 valence electrons. The molecule has 0 bridgehead atoms. The molecule has 0 aromatic rings. The number of ether oxygens (including phenoxy) is 1. The standard InChI is InChI=1S/C11H22N2O2/c1-11(2,15-3)8-12-7-6-10(14)13-9-4-5-9/h9,12H,4-8H2,1-3H3,(H,13,14). The fraction of sp³-hybridized carbons (Fsp3) is 0.909. The van der Waals surface area contributed by atoms with Gasteiger partial charge in [-0.25, -0.2) is 0 Å². The SMILES string of the molecule is COC(C)(C)CNCCC(=O)NC1CC1. The summed E-state index contributed by atoms with van der Waals surface area (Å²) in [7, 11) is 1.70. The predicted octanol–water partition coefficient (Wildman–Crippen LogP) is 0.670. The van der Waals surface area contributed by atoms with Gasteiger partial charge >= 0.3 is 0 Å². The lowest BCUT2D eigenvalue weighted by atomic mass is 10.1. The summed E-state index contributed by atoms with van der Waals surface area (Å²) in [4.78, 5) is 11.3. The fourth-order valence-corrected chi connectivity index (χ4v) is 1.19. The zero-order chi connectivity index (χ0) is 11.3. The van der Waals surface area contributed by atoms with E-state index in [2.05, 4.69) is 10.6 Å². The van der Waals surface area contributed by atoms with Crippen LogP contribution in [0.25, 0.3) is 0 Å². The molecule has 1 rings (SSSR count). The van der Waals surface area contributed by atoms with Crippen LogP contribution in [0.2, 0.25) is 0 Å². The lowest BCUT2D eigenvalue weighted by Crippen LogP contribution is -2.38. The van der Waals surface area contributed by atoms with E-state index in [9.17, 15) is 4.79 Å². The molecule has 4 nitrogen and oxygen atoms in total. The van der Waals surface area contributed by atoms with Gasteiger partial charge in [-0.05, 0) is 26.7 Å². The molecule has 4 heteroatoms. The Labute approximate surface area is 91.8 Å². The van der Waals surface area contributed by atoms with Gasteiger partial charge in [0.25, 0.3) is 0 Å². The smallest absolute Gasteiger partial charge is 0.221 e. The normalized spacial score (nSPS) is 16.5. The molecule has 0 radical (unpaired) electrons. The van der Waals surface area contributed by atoms with Gasteiger partial charge in [0.15, 0.2) is 0 Å². The Hall–Kier alpha value is -0.610. The molecule has 0 unspecified atom stereocenters. The van der Waals surface area contributed by atoms with Crippen molar-refractivity contribution in [1.82, 2.24) is 10.6 Å². The molecule has 2 N–H and O–H groups in total. The van der Waals surface area contributed by atoms with Crippen LogP contribution in [0.4, 0.5) is 0 Å². The monoisotopic (exact) mass is 214 g/mol. The van der Waals surface area contributed by atoms with Crippen molar-refractivity contribution in [3.63, 3.8) is 0 Å². The topological polar surface area (TPSA) is 50.4 Å². The molecule has 0 aliphatic heterocycles. The molecular weight excluding hydrogens is 192 g/mol. The van der Waals surface area contributed by atoms with Gasteiger partial charge in [-0.15, -0.1) is 0 Å². The second kappa shape index (κ2) is 5.47. The molecule has 0 saturated heterocycles. The summed E-state index contributed by atoms with van der Waals surface area (Å²) in [5, 5.41) is 6.17. The lowest BCUT2D eigenvalue weighted by Gasteiger charge is -2.23. The van der Waals surface area contributed by atoms with Crippen LogP contribution < -0.4 is 10.6 Å². The molecule has 0 aromatic carbocycles. The first-order valence-electron chi connectivity index (χ1n) is 5.59. The zero-order valence-electron chi connectivity index (χ0n) is 9.93. The first-order chi connectivity index (χ1) is 7.03. The Balaban J connectivity index is 1.98. The molecule has 0 aromatic heterocycles. The van der Waals surface area contributed by atoms with Crippen molar-refractivity contribution in [3.8, 4) is 0 Å². The Morgan fingerprint density at radius 2 is 2.13 bits per heavy atom. The van der Waals surface area contributed by atoms with Crippen LogP contribution in [-0.2, 0) is 9.53 Å². The number of methoxy groups -OCH3 is 1. The number of carbonyl (C=O) groups excluding carboxylic acids is 1. The van der Waals surface area contributed by atoms with Crippen LogP contribution in [-0.4, -0.2) is 37.7 Å². The molecule has 0 atom stereocenters. The van der Waals surface area contributed by atoms with Crippen molar-refractivity contribution in [2.24, 2.45) is 0 Å². The molecule has 1 aliphatic rings. The summed E-state index contributed by atoms with van der Waals surface area (Å²) < 4.78 is 5.26. The van der Waals surface area contributed by atoms with Crippen LogP contribution in [0.1, 0.15) is 33.1 Å². The van der Waals surface area contributed by atoms with Crippen LogP contribution in [0, 0.1) is 0 Å². The Kier molecular flexibility index (Phi) is 4.54. The summed E-state index contributed by atoms with van der Waals surface area (Å²) in [6.45, 7) is 5.51. The molecular formula is C11H22N2O2. The number of amides is 1. The maximum atomic E-state index is 11.3. The molecule has 0 spiro atoms. The first kappa shape index (κ1) is 12.5. The zero-order valence-corrected chi connectivity index (χ0v) is 9.93. The van der Waals surface area contributed by atoms with E-state index in [1.807, 2.05) is 13.8 Å². The quantitative estimate of drug-likeness (QED) is 0.612. The van der Waals surface area contributed by atoms with Gasteiger partial charge < -0.3 is 15.4 Å². The second-order valence-corrected chi connectivity index (χ2v) is 4.73. The van der Waals surface area contributed by atoms with E-state index in [1.54, 1.807) is 7.11 Å². The van der Waals surface area contributed by atoms with Gasteiger partial charge in [-0.1, -0.05) is 0 Å². The average Bonchev–Trinajstić information content (AvgIpc) is 2.96. The number of rotatable bonds is 7. The molecule has 1 amide bonds. The Morgan fingerprint density at radius 1 is 1.47 bits per heavy atom. The molecule has 15 heavy (non-hydrogen) atoms. The third-order valence-electron chi connectivity index (χ3n) is 2.57. The van der Waals surface area contributed by atoms with Crippen molar-refractivity contribution in [3.05, 3.63) is 0 Å². The highest BCUT2D eigenvalue weighted by atomic mass is 16.5. The average molecular weight is 214 g/mol. The number of hydrogen-bond acceptors (Lipinski definition) is 3. The van der Waals surface area contributed by atoms with Crippen LogP contribution >= 0.6 is 0 Å². The Bertz CT molecular complexity index is 213. The fourth-order valence-electron chi connectivity index (χ4n) is 1.19. The van der Waals surface area contributed by atoms with E-state index in [0.29, 0.717) is 19.0 Å². The van der Waals surface area contributed by atoms with E-state index < -0.39 is 0 Å². The summed E-state index contributed by atoms with van der Waals surface area (Å²) in [6, 6.07) is 0.466. The van der Waals surface area contributed by atoms with Crippen molar-refractivity contribution in [1.29, 1.82) is 0 Å². The summed E-state index contributed by atoms with van der Waals surface area (Å²) in [5.41, 5.74) is -0.160. The summed E-state index contributed by atoms with van der Waals surface area (Å²) >= 11 is 0. The van der Waals surface area contributed by atoms with Crippen LogP contribution in [0.5, 0.6) is 0 Å². The van der Waals surface area contributed by atoms with E-state index >= 15 is 0 Å². The summed E-state index contributed by atoms with van der Waals surface area (Å²) in [5.74, 6) is 0.153. The van der Waals surface area contributed by atoms with Gasteiger partial charge in [0, 0.05) is 32.7 Å². The number of carbonyl (C=O) groups is 1. The van der Waals surface area contributed by atoms with Gasteiger partial charge in [0.05, 0.1) is 5.60 Å².